The predicted molar refractivity (Wildman–Crippen MR) is 79.0 cm³/mol. The summed E-state index contributed by atoms with van der Waals surface area (Å²) < 4.78 is 5.50. The first-order valence-corrected chi connectivity index (χ1v) is 6.65. The van der Waals surface area contributed by atoms with Crippen LogP contribution in [0.2, 0.25) is 5.02 Å². The highest BCUT2D eigenvalue weighted by Gasteiger charge is 2.11. The lowest BCUT2D eigenvalue weighted by atomic mass is 10.3. The summed E-state index contributed by atoms with van der Waals surface area (Å²) in [6.07, 6.45) is 3.98. The molecule has 2 rings (SSSR count). The number of non-ortho nitro benzene ring substituents is 1. The molecule has 0 saturated carbocycles. The molecule has 1 N–H and O–H groups in total. The minimum Gasteiger partial charge on any atom is -0.436 e. The van der Waals surface area contributed by atoms with Crippen LogP contribution >= 0.6 is 11.6 Å². The van der Waals surface area contributed by atoms with Gasteiger partial charge >= 0.3 is 0 Å². The molecule has 0 atom stereocenters. The summed E-state index contributed by atoms with van der Waals surface area (Å²) in [7, 11) is 0. The molecule has 1 heterocycles. The Hall–Kier alpha value is -2.41. The highest BCUT2D eigenvalue weighted by Crippen LogP contribution is 2.31. The standard InChI is InChI=1S/C13H13ClN4O3/c1-2-5-16-12-7-15-8-13(17-12)21-11-4-3-9(18(19)20)6-10(11)14/h3-4,6-8H,2,5H2,1H3,(H,16,17). The summed E-state index contributed by atoms with van der Waals surface area (Å²) in [6.45, 7) is 2.81. The van der Waals surface area contributed by atoms with Gasteiger partial charge in [-0.05, 0) is 12.5 Å². The van der Waals surface area contributed by atoms with Crippen LogP contribution in [0.4, 0.5) is 11.5 Å². The first kappa shape index (κ1) is 15.0. The summed E-state index contributed by atoms with van der Waals surface area (Å²) in [5.74, 6) is 1.13. The van der Waals surface area contributed by atoms with Crippen molar-refractivity contribution in [2.24, 2.45) is 0 Å². The van der Waals surface area contributed by atoms with Gasteiger partial charge < -0.3 is 10.1 Å². The van der Waals surface area contributed by atoms with Gasteiger partial charge in [-0.1, -0.05) is 18.5 Å². The van der Waals surface area contributed by atoms with E-state index in [0.29, 0.717) is 5.82 Å². The number of ether oxygens (including phenoxy) is 1. The number of hydrogen-bond donors (Lipinski definition) is 1. The Morgan fingerprint density at radius 2 is 2.24 bits per heavy atom. The van der Waals surface area contributed by atoms with Gasteiger partial charge in [0.1, 0.15) is 11.6 Å². The van der Waals surface area contributed by atoms with Gasteiger partial charge in [0.25, 0.3) is 5.69 Å². The van der Waals surface area contributed by atoms with Crippen LogP contribution in [0.5, 0.6) is 11.6 Å². The second kappa shape index (κ2) is 6.85. The summed E-state index contributed by atoms with van der Waals surface area (Å²) in [4.78, 5) is 18.3. The molecule has 0 saturated heterocycles. The second-order valence-electron chi connectivity index (χ2n) is 4.14. The van der Waals surface area contributed by atoms with Gasteiger partial charge in [0.05, 0.1) is 22.3 Å². The van der Waals surface area contributed by atoms with E-state index in [1.807, 2.05) is 6.92 Å². The summed E-state index contributed by atoms with van der Waals surface area (Å²) in [5, 5.41) is 13.9. The molecule has 7 nitrogen and oxygen atoms in total. The average Bonchev–Trinajstić information content (AvgIpc) is 2.47. The van der Waals surface area contributed by atoms with Crippen molar-refractivity contribution in [1.29, 1.82) is 0 Å². The molecule has 8 heteroatoms. The number of benzene rings is 1. The van der Waals surface area contributed by atoms with Gasteiger partial charge in [-0.3, -0.25) is 15.1 Å². The van der Waals surface area contributed by atoms with E-state index >= 15 is 0 Å². The number of halogens is 1. The zero-order valence-corrected chi connectivity index (χ0v) is 12.0. The Labute approximate surface area is 126 Å². The van der Waals surface area contributed by atoms with E-state index in [4.69, 9.17) is 16.3 Å². The van der Waals surface area contributed by atoms with E-state index < -0.39 is 4.92 Å². The molecule has 0 unspecified atom stereocenters. The van der Waals surface area contributed by atoms with Gasteiger partial charge in [-0.15, -0.1) is 0 Å². The molecule has 110 valence electrons. The number of nitrogens with one attached hydrogen (secondary N) is 1. The van der Waals surface area contributed by atoms with Crippen LogP contribution in [-0.2, 0) is 0 Å². The highest BCUT2D eigenvalue weighted by atomic mass is 35.5. The van der Waals surface area contributed by atoms with Gasteiger partial charge in [0, 0.05) is 18.7 Å². The SMILES string of the molecule is CCCNc1cncc(Oc2ccc([N+](=O)[O-])cc2Cl)n1. The minimum atomic E-state index is -0.523. The number of rotatable bonds is 6. The largest absolute Gasteiger partial charge is 0.436 e. The van der Waals surface area contributed by atoms with Crippen LogP contribution in [-0.4, -0.2) is 21.4 Å². The van der Waals surface area contributed by atoms with E-state index in [0.717, 1.165) is 13.0 Å². The zero-order chi connectivity index (χ0) is 15.2. The molecule has 0 aliphatic carbocycles. The second-order valence-corrected chi connectivity index (χ2v) is 4.55. The maximum absolute atomic E-state index is 10.6. The normalized spacial score (nSPS) is 10.2. The number of nitro benzene ring substituents is 1. The first-order valence-electron chi connectivity index (χ1n) is 6.28. The first-order chi connectivity index (χ1) is 10.1. The lowest BCUT2D eigenvalue weighted by Gasteiger charge is -2.08. The fraction of sp³-hybridized carbons (Fsp3) is 0.231. The Morgan fingerprint density at radius 1 is 1.43 bits per heavy atom. The number of anilines is 1. The van der Waals surface area contributed by atoms with E-state index in [-0.39, 0.29) is 22.3 Å². The van der Waals surface area contributed by atoms with Crippen molar-refractivity contribution < 1.29 is 9.66 Å². The fourth-order valence-electron chi connectivity index (χ4n) is 1.53. The maximum Gasteiger partial charge on any atom is 0.271 e. The molecule has 1 aromatic heterocycles. The maximum atomic E-state index is 10.6. The number of nitrogens with zero attached hydrogens (tertiary/aromatic N) is 3. The number of hydrogen-bond acceptors (Lipinski definition) is 6. The van der Waals surface area contributed by atoms with Crippen molar-refractivity contribution in [3.05, 3.63) is 45.7 Å². The number of aromatic nitrogens is 2. The molecule has 21 heavy (non-hydrogen) atoms. The van der Waals surface area contributed by atoms with Gasteiger partial charge in [0.2, 0.25) is 5.88 Å². The lowest BCUT2D eigenvalue weighted by Crippen LogP contribution is -2.03. The zero-order valence-electron chi connectivity index (χ0n) is 11.2. The molecule has 0 spiro atoms. The predicted octanol–water partition coefficient (Wildman–Crippen LogP) is 3.65. The van der Waals surface area contributed by atoms with Crippen LogP contribution in [0.25, 0.3) is 0 Å². The average molecular weight is 309 g/mol. The molecule has 0 amide bonds. The quantitative estimate of drug-likeness (QED) is 0.647. The molecule has 0 aliphatic rings. The third kappa shape index (κ3) is 4.03. The summed E-state index contributed by atoms with van der Waals surface area (Å²) >= 11 is 5.95. The lowest BCUT2D eigenvalue weighted by molar-refractivity contribution is -0.384. The molecule has 0 fully saturated rings. The van der Waals surface area contributed by atoms with Crippen LogP contribution in [0.3, 0.4) is 0 Å². The van der Waals surface area contributed by atoms with E-state index in [9.17, 15) is 10.1 Å². The van der Waals surface area contributed by atoms with Crippen molar-refractivity contribution in [2.75, 3.05) is 11.9 Å². The topological polar surface area (TPSA) is 90.2 Å². The molecular formula is C13H13ClN4O3. The minimum absolute atomic E-state index is 0.100. The van der Waals surface area contributed by atoms with Crippen molar-refractivity contribution in [2.45, 2.75) is 13.3 Å². The Balaban J connectivity index is 2.16. The van der Waals surface area contributed by atoms with Crippen LogP contribution < -0.4 is 10.1 Å². The summed E-state index contributed by atoms with van der Waals surface area (Å²) in [6, 6.07) is 3.96. The van der Waals surface area contributed by atoms with Crippen LogP contribution in [0, 0.1) is 10.1 Å². The van der Waals surface area contributed by atoms with Crippen molar-refractivity contribution in [3.8, 4) is 11.6 Å². The Morgan fingerprint density at radius 3 is 2.90 bits per heavy atom. The van der Waals surface area contributed by atoms with Crippen molar-refractivity contribution in [3.63, 3.8) is 0 Å². The molecule has 0 aliphatic heterocycles. The van der Waals surface area contributed by atoms with Gasteiger partial charge in [-0.25, -0.2) is 0 Å². The molecular weight excluding hydrogens is 296 g/mol. The molecule has 2 aromatic rings. The third-order valence-electron chi connectivity index (χ3n) is 2.51. The van der Waals surface area contributed by atoms with E-state index in [2.05, 4.69) is 15.3 Å². The smallest absolute Gasteiger partial charge is 0.271 e. The Kier molecular flexibility index (Phi) is 4.89. The van der Waals surface area contributed by atoms with Gasteiger partial charge in [0.15, 0.2) is 0 Å². The van der Waals surface area contributed by atoms with Crippen molar-refractivity contribution in [1.82, 2.24) is 9.97 Å². The van der Waals surface area contributed by atoms with Crippen molar-refractivity contribution >= 4 is 23.1 Å². The van der Waals surface area contributed by atoms with Gasteiger partial charge in [-0.2, -0.15) is 4.98 Å². The van der Waals surface area contributed by atoms with Crippen LogP contribution in [0.1, 0.15) is 13.3 Å². The molecule has 0 bridgehead atoms. The van der Waals surface area contributed by atoms with Crippen LogP contribution in [0.15, 0.2) is 30.6 Å². The number of nitro groups is 1. The summed E-state index contributed by atoms with van der Waals surface area (Å²) in [5.41, 5.74) is -0.100. The molecule has 0 radical (unpaired) electrons. The third-order valence-corrected chi connectivity index (χ3v) is 2.80. The van der Waals surface area contributed by atoms with E-state index in [1.165, 1.54) is 24.4 Å². The fourth-order valence-corrected chi connectivity index (χ4v) is 1.75. The molecule has 1 aromatic carbocycles. The Bertz CT molecular complexity index is 651. The highest BCUT2D eigenvalue weighted by molar-refractivity contribution is 6.32. The monoisotopic (exact) mass is 308 g/mol. The van der Waals surface area contributed by atoms with E-state index in [1.54, 1.807) is 6.20 Å².